The number of hydrogen-bond acceptors (Lipinski definition) is 3. The fourth-order valence-corrected chi connectivity index (χ4v) is 3.47. The molecule has 2 aromatic carbocycles. The molecule has 1 amide bonds. The van der Waals surface area contributed by atoms with Crippen LogP contribution in [0.2, 0.25) is 0 Å². The van der Waals surface area contributed by atoms with Crippen LogP contribution in [0.25, 0.3) is 11.5 Å². The van der Waals surface area contributed by atoms with Gasteiger partial charge in [-0.3, -0.25) is 4.79 Å². The van der Waals surface area contributed by atoms with Gasteiger partial charge in [0.05, 0.1) is 11.6 Å². The van der Waals surface area contributed by atoms with Crippen LogP contribution in [-0.2, 0) is 11.2 Å². The summed E-state index contributed by atoms with van der Waals surface area (Å²) in [5, 5.41) is 3.06. The fraction of sp³-hybridized carbons (Fsp3) is 0.238. The molecule has 126 valence electrons. The first-order valence-corrected chi connectivity index (χ1v) is 8.53. The van der Waals surface area contributed by atoms with E-state index in [2.05, 4.69) is 22.4 Å². The molecule has 1 heterocycles. The van der Waals surface area contributed by atoms with Gasteiger partial charge in [-0.2, -0.15) is 0 Å². The van der Waals surface area contributed by atoms with Crippen LogP contribution in [-0.4, -0.2) is 10.9 Å². The van der Waals surface area contributed by atoms with Crippen molar-refractivity contribution in [2.24, 2.45) is 0 Å². The molecular weight excluding hydrogens is 312 g/mol. The third-order valence-corrected chi connectivity index (χ3v) is 4.80. The number of hydrogen-bond donors (Lipinski definition) is 1. The van der Waals surface area contributed by atoms with E-state index in [1.807, 2.05) is 44.2 Å². The minimum absolute atomic E-state index is 0.0448. The predicted octanol–water partition coefficient (Wildman–Crippen LogP) is 4.63. The summed E-state index contributed by atoms with van der Waals surface area (Å²) >= 11 is 0. The van der Waals surface area contributed by atoms with Crippen molar-refractivity contribution >= 4 is 11.6 Å². The first-order valence-electron chi connectivity index (χ1n) is 8.53. The maximum atomic E-state index is 12.8. The zero-order valence-electron chi connectivity index (χ0n) is 14.4. The van der Waals surface area contributed by atoms with Crippen LogP contribution in [0, 0.1) is 13.8 Å². The van der Waals surface area contributed by atoms with Crippen LogP contribution in [0.15, 0.2) is 53.1 Å². The zero-order chi connectivity index (χ0) is 17.4. The van der Waals surface area contributed by atoms with Gasteiger partial charge in [-0.1, -0.05) is 30.3 Å². The Balaban J connectivity index is 1.58. The van der Waals surface area contributed by atoms with E-state index in [4.69, 9.17) is 4.42 Å². The number of amides is 1. The van der Waals surface area contributed by atoms with Gasteiger partial charge in [-0.25, -0.2) is 4.98 Å². The maximum Gasteiger partial charge on any atom is 0.231 e. The average Bonchev–Trinajstić information content (AvgIpc) is 3.23. The van der Waals surface area contributed by atoms with Crippen molar-refractivity contribution in [1.29, 1.82) is 0 Å². The number of anilines is 1. The molecule has 0 radical (unpaired) electrons. The Morgan fingerprint density at radius 3 is 2.84 bits per heavy atom. The molecule has 1 atom stereocenters. The molecule has 0 saturated carbocycles. The van der Waals surface area contributed by atoms with Crippen LogP contribution in [0.5, 0.6) is 0 Å². The number of carbonyl (C=O) groups is 1. The summed E-state index contributed by atoms with van der Waals surface area (Å²) in [5.41, 5.74) is 6.00. The van der Waals surface area contributed by atoms with Crippen molar-refractivity contribution in [2.45, 2.75) is 32.6 Å². The van der Waals surface area contributed by atoms with Gasteiger partial charge in [-0.15, -0.1) is 0 Å². The Morgan fingerprint density at radius 1 is 1.20 bits per heavy atom. The Hall–Kier alpha value is -2.88. The molecule has 0 bridgehead atoms. The minimum Gasteiger partial charge on any atom is -0.444 e. The zero-order valence-corrected chi connectivity index (χ0v) is 14.4. The molecule has 1 aromatic heterocycles. The molecule has 25 heavy (non-hydrogen) atoms. The largest absolute Gasteiger partial charge is 0.444 e. The molecule has 0 fully saturated rings. The topological polar surface area (TPSA) is 55.1 Å². The summed E-state index contributed by atoms with van der Waals surface area (Å²) < 4.78 is 5.51. The number of nitrogens with one attached hydrogen (secondary N) is 1. The first-order chi connectivity index (χ1) is 12.1. The lowest BCUT2D eigenvalue weighted by molar-refractivity contribution is -0.117. The normalized spacial score (nSPS) is 15.8. The lowest BCUT2D eigenvalue weighted by atomic mass is 10.00. The van der Waals surface area contributed by atoms with Crippen LogP contribution < -0.4 is 5.32 Å². The summed E-state index contributed by atoms with van der Waals surface area (Å²) in [6.07, 6.45) is 3.46. The van der Waals surface area contributed by atoms with E-state index in [0.717, 1.165) is 40.9 Å². The number of aromatic nitrogens is 1. The van der Waals surface area contributed by atoms with Crippen LogP contribution in [0.1, 0.15) is 34.7 Å². The number of nitrogens with zero attached hydrogens (tertiary/aromatic N) is 1. The second kappa shape index (κ2) is 6.20. The quantitative estimate of drug-likeness (QED) is 0.761. The molecule has 3 aromatic rings. The molecule has 0 spiro atoms. The summed E-state index contributed by atoms with van der Waals surface area (Å²) in [5.74, 6) is 0.547. The smallest absolute Gasteiger partial charge is 0.231 e. The van der Waals surface area contributed by atoms with E-state index in [-0.39, 0.29) is 11.8 Å². The Labute approximate surface area is 146 Å². The van der Waals surface area contributed by atoms with Crippen LogP contribution in [0.3, 0.4) is 0 Å². The Morgan fingerprint density at radius 2 is 2.04 bits per heavy atom. The molecule has 1 aliphatic rings. The molecule has 1 aliphatic carbocycles. The molecule has 4 heteroatoms. The van der Waals surface area contributed by atoms with E-state index >= 15 is 0 Å². The summed E-state index contributed by atoms with van der Waals surface area (Å²) in [6, 6.07) is 14.0. The average molecular weight is 332 g/mol. The second-order valence-corrected chi connectivity index (χ2v) is 6.60. The Bertz CT molecular complexity index is 943. The fourth-order valence-electron chi connectivity index (χ4n) is 3.47. The van der Waals surface area contributed by atoms with Gasteiger partial charge in [0.25, 0.3) is 0 Å². The third-order valence-electron chi connectivity index (χ3n) is 4.80. The van der Waals surface area contributed by atoms with E-state index < -0.39 is 0 Å². The molecule has 4 rings (SSSR count). The highest BCUT2D eigenvalue weighted by molar-refractivity contribution is 5.97. The van der Waals surface area contributed by atoms with Gasteiger partial charge in [0.15, 0.2) is 0 Å². The highest BCUT2D eigenvalue weighted by Gasteiger charge is 2.28. The molecule has 1 N–H and O–H groups in total. The van der Waals surface area contributed by atoms with Gasteiger partial charge < -0.3 is 9.73 Å². The van der Waals surface area contributed by atoms with Crippen molar-refractivity contribution in [3.63, 3.8) is 0 Å². The number of aryl methyl sites for hydroxylation is 3. The van der Waals surface area contributed by atoms with Gasteiger partial charge in [-0.05, 0) is 55.5 Å². The monoisotopic (exact) mass is 332 g/mol. The number of benzene rings is 2. The van der Waals surface area contributed by atoms with E-state index in [1.54, 1.807) is 6.26 Å². The number of oxazole rings is 1. The van der Waals surface area contributed by atoms with E-state index in [9.17, 15) is 4.79 Å². The first kappa shape index (κ1) is 15.6. The SMILES string of the molecule is Cc1coc(-c2cc(NC(=O)[C@@H]3CCc4ccccc43)ccc2C)n1. The van der Waals surface area contributed by atoms with Crippen molar-refractivity contribution in [3.8, 4) is 11.5 Å². The molecule has 4 nitrogen and oxygen atoms in total. The van der Waals surface area contributed by atoms with Crippen molar-refractivity contribution in [1.82, 2.24) is 4.98 Å². The van der Waals surface area contributed by atoms with Crippen molar-refractivity contribution < 1.29 is 9.21 Å². The summed E-state index contributed by atoms with van der Waals surface area (Å²) in [4.78, 5) is 17.2. The molecule has 0 aliphatic heterocycles. The van der Waals surface area contributed by atoms with Gasteiger partial charge in [0.1, 0.15) is 6.26 Å². The maximum absolute atomic E-state index is 12.8. The second-order valence-electron chi connectivity index (χ2n) is 6.60. The summed E-state index contributed by atoms with van der Waals surface area (Å²) in [6.45, 7) is 3.90. The third kappa shape index (κ3) is 2.95. The van der Waals surface area contributed by atoms with Crippen LogP contribution >= 0.6 is 0 Å². The van der Waals surface area contributed by atoms with Gasteiger partial charge in [0.2, 0.25) is 11.8 Å². The number of fused-ring (bicyclic) bond motifs is 1. The molecular formula is C21H20N2O2. The highest BCUT2D eigenvalue weighted by Crippen LogP contribution is 2.34. The Kier molecular flexibility index (Phi) is 3.88. The number of rotatable bonds is 3. The van der Waals surface area contributed by atoms with E-state index in [1.165, 1.54) is 5.56 Å². The predicted molar refractivity (Wildman–Crippen MR) is 97.5 cm³/mol. The molecule has 0 saturated heterocycles. The lowest BCUT2D eigenvalue weighted by Gasteiger charge is -2.13. The van der Waals surface area contributed by atoms with Crippen molar-refractivity contribution in [3.05, 3.63) is 71.1 Å². The molecule has 0 unspecified atom stereocenters. The van der Waals surface area contributed by atoms with E-state index in [0.29, 0.717) is 5.89 Å². The van der Waals surface area contributed by atoms with Crippen molar-refractivity contribution in [2.75, 3.05) is 5.32 Å². The number of carbonyl (C=O) groups excluding carboxylic acids is 1. The highest BCUT2D eigenvalue weighted by atomic mass is 16.3. The van der Waals surface area contributed by atoms with Crippen LogP contribution in [0.4, 0.5) is 5.69 Å². The van der Waals surface area contributed by atoms with Gasteiger partial charge >= 0.3 is 0 Å². The summed E-state index contributed by atoms with van der Waals surface area (Å²) in [7, 11) is 0. The van der Waals surface area contributed by atoms with Gasteiger partial charge in [0, 0.05) is 11.3 Å². The standard InChI is InChI=1S/C21H20N2O2/c1-13-7-9-16(11-19(13)21-22-14(2)12-25-21)23-20(24)18-10-8-15-5-3-4-6-17(15)18/h3-7,9,11-12,18H,8,10H2,1-2H3,(H,23,24)/t18-/m1/s1. The lowest BCUT2D eigenvalue weighted by Crippen LogP contribution is -2.19. The minimum atomic E-state index is -0.0788.